The van der Waals surface area contributed by atoms with Gasteiger partial charge in [0.05, 0.1) is 35.3 Å². The van der Waals surface area contributed by atoms with Crippen molar-refractivity contribution in [3.8, 4) is 0 Å². The van der Waals surface area contributed by atoms with Gasteiger partial charge >= 0.3 is 5.97 Å². The van der Waals surface area contributed by atoms with Gasteiger partial charge in [-0.05, 0) is 31.7 Å². The highest BCUT2D eigenvalue weighted by Gasteiger charge is 2.41. The van der Waals surface area contributed by atoms with Crippen LogP contribution in [0.4, 0.5) is 5.69 Å². The van der Waals surface area contributed by atoms with Gasteiger partial charge in [-0.3, -0.25) is 14.9 Å². The number of ether oxygens (including phenoxy) is 1. The first-order valence-corrected chi connectivity index (χ1v) is 10.4. The molecule has 0 bridgehead atoms. The van der Waals surface area contributed by atoms with E-state index < -0.39 is 16.9 Å². The number of fused-ring (bicyclic) bond motifs is 1. The minimum atomic E-state index is -0.688. The summed E-state index contributed by atoms with van der Waals surface area (Å²) < 4.78 is 5.25. The molecule has 0 saturated heterocycles. The molecule has 0 spiro atoms. The number of benzene rings is 1. The summed E-state index contributed by atoms with van der Waals surface area (Å²) in [5.41, 5.74) is 1.90. The molecule has 2 aliphatic rings. The minimum absolute atomic E-state index is 0.0847. The molecule has 30 heavy (non-hydrogen) atoms. The lowest BCUT2D eigenvalue weighted by molar-refractivity contribution is -0.384. The van der Waals surface area contributed by atoms with Crippen molar-refractivity contribution in [1.82, 2.24) is 10.2 Å². The molecule has 2 aliphatic heterocycles. The number of amides is 1. The number of carbonyl (C=O) groups excluding carboxylic acids is 2. The summed E-state index contributed by atoms with van der Waals surface area (Å²) in [6.45, 7) is 5.94. The van der Waals surface area contributed by atoms with E-state index in [2.05, 4.69) is 10.3 Å². The molecule has 1 atom stereocenters. The average molecular weight is 430 g/mol. The van der Waals surface area contributed by atoms with Crippen LogP contribution in [-0.2, 0) is 14.3 Å². The minimum Gasteiger partial charge on any atom is -0.463 e. The highest BCUT2D eigenvalue weighted by atomic mass is 32.2. The number of hydrogen-bond acceptors (Lipinski definition) is 8. The predicted molar refractivity (Wildman–Crippen MR) is 113 cm³/mol. The summed E-state index contributed by atoms with van der Waals surface area (Å²) in [7, 11) is 0. The van der Waals surface area contributed by atoms with Crippen LogP contribution in [0.3, 0.4) is 0 Å². The van der Waals surface area contributed by atoms with E-state index in [0.29, 0.717) is 34.2 Å². The predicted octanol–water partition coefficient (Wildman–Crippen LogP) is 3.26. The van der Waals surface area contributed by atoms with E-state index in [4.69, 9.17) is 4.74 Å². The monoisotopic (exact) mass is 430 g/mol. The van der Waals surface area contributed by atoms with Crippen molar-refractivity contribution in [2.75, 3.05) is 13.2 Å². The number of thioether (sulfide) groups is 1. The Morgan fingerprint density at radius 1 is 1.37 bits per heavy atom. The van der Waals surface area contributed by atoms with Crippen LogP contribution < -0.4 is 5.32 Å². The van der Waals surface area contributed by atoms with Crippen molar-refractivity contribution in [1.29, 1.82) is 0 Å². The molecular weight excluding hydrogens is 408 g/mol. The molecule has 0 aromatic heterocycles. The van der Waals surface area contributed by atoms with Gasteiger partial charge in [-0.1, -0.05) is 23.9 Å². The van der Waals surface area contributed by atoms with Crippen LogP contribution >= 0.6 is 11.8 Å². The number of nitrogens with zero attached hydrogens (tertiary/aromatic N) is 3. The first-order chi connectivity index (χ1) is 14.4. The molecule has 3 rings (SSSR count). The number of allylic oxidation sites excluding steroid dienone is 1. The zero-order valence-electron chi connectivity index (χ0n) is 16.9. The second-order valence-electron chi connectivity index (χ2n) is 6.60. The summed E-state index contributed by atoms with van der Waals surface area (Å²) in [5.74, 6) is -0.698. The van der Waals surface area contributed by atoms with Gasteiger partial charge in [-0.2, -0.15) is 0 Å². The van der Waals surface area contributed by atoms with E-state index in [0.717, 1.165) is 0 Å². The van der Waals surface area contributed by atoms with Crippen LogP contribution in [0.2, 0.25) is 0 Å². The molecular formula is C20H22N4O5S. The molecule has 9 nitrogen and oxygen atoms in total. The summed E-state index contributed by atoms with van der Waals surface area (Å²) >= 11 is 1.35. The van der Waals surface area contributed by atoms with Gasteiger partial charge in [0.1, 0.15) is 0 Å². The second-order valence-corrected chi connectivity index (χ2v) is 7.43. The van der Waals surface area contributed by atoms with Gasteiger partial charge in [0.2, 0.25) is 5.91 Å². The average Bonchev–Trinajstić information content (AvgIpc) is 3.09. The largest absolute Gasteiger partial charge is 0.463 e. The molecule has 1 amide bonds. The Morgan fingerprint density at radius 2 is 2.13 bits per heavy atom. The lowest BCUT2D eigenvalue weighted by Crippen LogP contribution is -2.38. The van der Waals surface area contributed by atoms with Crippen LogP contribution in [0.5, 0.6) is 0 Å². The second kappa shape index (κ2) is 9.12. The Balaban J connectivity index is 2.10. The highest BCUT2D eigenvalue weighted by molar-refractivity contribution is 8.16. The van der Waals surface area contributed by atoms with Gasteiger partial charge in [0.15, 0.2) is 5.17 Å². The fourth-order valence-corrected chi connectivity index (χ4v) is 4.35. The molecule has 0 radical (unpaired) electrons. The fraction of sp³-hybridized carbons (Fsp3) is 0.350. The molecule has 0 saturated carbocycles. The Morgan fingerprint density at radius 3 is 2.80 bits per heavy atom. The SMILES string of the molecule is CCNC(=O)CC1=CSC2=NC(C)=C(C(=O)OCC)[C@H](c3cccc([N+](=O)[O-])c3)N12. The van der Waals surface area contributed by atoms with E-state index >= 15 is 0 Å². The van der Waals surface area contributed by atoms with Crippen molar-refractivity contribution >= 4 is 34.5 Å². The van der Waals surface area contributed by atoms with E-state index in [-0.39, 0.29) is 24.6 Å². The molecule has 2 heterocycles. The van der Waals surface area contributed by atoms with Crippen LogP contribution in [0.15, 0.2) is 51.6 Å². The Bertz CT molecular complexity index is 985. The Kier molecular flexibility index (Phi) is 6.56. The molecule has 1 N–H and O–H groups in total. The molecule has 1 aromatic carbocycles. The molecule has 0 fully saturated rings. The van der Waals surface area contributed by atoms with Crippen LogP contribution in [0.25, 0.3) is 0 Å². The van der Waals surface area contributed by atoms with Gasteiger partial charge in [0.25, 0.3) is 5.69 Å². The smallest absolute Gasteiger partial charge is 0.338 e. The lowest BCUT2D eigenvalue weighted by atomic mass is 9.93. The summed E-state index contributed by atoms with van der Waals surface area (Å²) in [4.78, 5) is 42.2. The normalized spacial score (nSPS) is 17.8. The van der Waals surface area contributed by atoms with Crippen LogP contribution in [0.1, 0.15) is 38.8 Å². The van der Waals surface area contributed by atoms with E-state index in [1.165, 1.54) is 23.9 Å². The van der Waals surface area contributed by atoms with Crippen molar-refractivity contribution in [3.05, 3.63) is 62.3 Å². The zero-order chi connectivity index (χ0) is 21.8. The molecule has 0 aliphatic carbocycles. The number of non-ortho nitro benzene ring substituents is 1. The maximum atomic E-state index is 12.8. The molecule has 1 aromatic rings. The zero-order valence-corrected chi connectivity index (χ0v) is 17.7. The van der Waals surface area contributed by atoms with Crippen LogP contribution in [0, 0.1) is 10.1 Å². The van der Waals surface area contributed by atoms with Gasteiger partial charge in [-0.25, -0.2) is 9.79 Å². The summed E-state index contributed by atoms with van der Waals surface area (Å²) in [6, 6.07) is 5.44. The third-order valence-electron chi connectivity index (χ3n) is 4.61. The number of nitro benzene ring substituents is 1. The van der Waals surface area contributed by atoms with Gasteiger partial charge < -0.3 is 15.0 Å². The fourth-order valence-electron chi connectivity index (χ4n) is 3.39. The van der Waals surface area contributed by atoms with Gasteiger partial charge in [-0.15, -0.1) is 0 Å². The quantitative estimate of drug-likeness (QED) is 0.401. The third kappa shape index (κ3) is 4.23. The Hall–Kier alpha value is -3.14. The van der Waals surface area contributed by atoms with Crippen LogP contribution in [-0.4, -0.2) is 40.0 Å². The number of hydrogen-bond donors (Lipinski definition) is 1. The number of nitrogens with one attached hydrogen (secondary N) is 1. The van der Waals surface area contributed by atoms with Crippen molar-refractivity contribution in [2.45, 2.75) is 33.2 Å². The third-order valence-corrected chi connectivity index (χ3v) is 5.50. The molecule has 0 unspecified atom stereocenters. The number of rotatable bonds is 7. The molecule has 158 valence electrons. The van der Waals surface area contributed by atoms with Crippen molar-refractivity contribution in [3.63, 3.8) is 0 Å². The number of nitro groups is 1. The number of carbonyl (C=O) groups is 2. The topological polar surface area (TPSA) is 114 Å². The number of aliphatic imine (C=N–C) groups is 1. The van der Waals surface area contributed by atoms with Crippen molar-refractivity contribution < 1.29 is 19.2 Å². The van der Waals surface area contributed by atoms with E-state index in [9.17, 15) is 19.7 Å². The van der Waals surface area contributed by atoms with Crippen molar-refractivity contribution in [2.24, 2.45) is 4.99 Å². The van der Waals surface area contributed by atoms with E-state index in [1.54, 1.807) is 30.9 Å². The number of amidine groups is 1. The van der Waals surface area contributed by atoms with Gasteiger partial charge in [0, 0.05) is 24.4 Å². The standard InChI is InChI=1S/C20H22N4O5S/c1-4-21-16(25)10-15-11-30-20-22-12(3)17(19(26)29-5-2)18(23(15)20)13-7-6-8-14(9-13)24(27)28/h6-9,11,18H,4-5,10H2,1-3H3,(H,21,25)/t18-/m0/s1. The lowest BCUT2D eigenvalue weighted by Gasteiger charge is -2.36. The molecule has 10 heteroatoms. The number of esters is 1. The maximum Gasteiger partial charge on any atom is 0.338 e. The Labute approximate surface area is 178 Å². The first-order valence-electron chi connectivity index (χ1n) is 9.49. The highest BCUT2D eigenvalue weighted by Crippen LogP contribution is 2.45. The maximum absolute atomic E-state index is 12.8. The van der Waals surface area contributed by atoms with E-state index in [1.807, 2.05) is 12.3 Å². The summed E-state index contributed by atoms with van der Waals surface area (Å²) in [6.07, 6.45) is 0.0977. The summed E-state index contributed by atoms with van der Waals surface area (Å²) in [5, 5.41) is 16.5. The first kappa shape index (κ1) is 21.6.